The molecular formula is C11H18O2. The second-order valence-electron chi connectivity index (χ2n) is 3.65. The Morgan fingerprint density at radius 1 is 1.62 bits per heavy atom. The highest BCUT2D eigenvalue weighted by molar-refractivity contribution is 5.78. The standard InChI is InChI=1S/C11H18O2/c1-2-3-4-5-11(12)8-10-6-7-13-9-10/h2,10H,1,3-9H2. The van der Waals surface area contributed by atoms with E-state index in [4.69, 9.17) is 4.74 Å². The number of allylic oxidation sites excluding steroid dienone is 1. The molecule has 0 aromatic carbocycles. The van der Waals surface area contributed by atoms with Crippen LogP contribution in [0, 0.1) is 5.92 Å². The van der Waals surface area contributed by atoms with E-state index >= 15 is 0 Å². The Labute approximate surface area is 80.0 Å². The van der Waals surface area contributed by atoms with Gasteiger partial charge in [0.05, 0.1) is 0 Å². The molecule has 1 heterocycles. The van der Waals surface area contributed by atoms with Crippen LogP contribution in [0.2, 0.25) is 0 Å². The van der Waals surface area contributed by atoms with Gasteiger partial charge in [-0.1, -0.05) is 6.08 Å². The summed E-state index contributed by atoms with van der Waals surface area (Å²) >= 11 is 0. The van der Waals surface area contributed by atoms with Gasteiger partial charge in [-0.25, -0.2) is 0 Å². The Bertz CT molecular complexity index is 169. The van der Waals surface area contributed by atoms with E-state index in [0.717, 1.165) is 38.9 Å². The third-order valence-electron chi connectivity index (χ3n) is 2.40. The maximum Gasteiger partial charge on any atom is 0.133 e. The average Bonchev–Trinajstić information content (AvgIpc) is 2.57. The van der Waals surface area contributed by atoms with Crippen molar-refractivity contribution in [1.82, 2.24) is 0 Å². The van der Waals surface area contributed by atoms with E-state index in [1.165, 1.54) is 0 Å². The summed E-state index contributed by atoms with van der Waals surface area (Å²) in [6, 6.07) is 0. The zero-order valence-corrected chi connectivity index (χ0v) is 8.13. The average molecular weight is 182 g/mol. The Morgan fingerprint density at radius 2 is 2.46 bits per heavy atom. The summed E-state index contributed by atoms with van der Waals surface area (Å²) < 4.78 is 5.22. The summed E-state index contributed by atoms with van der Waals surface area (Å²) in [5, 5.41) is 0. The molecule has 0 bridgehead atoms. The lowest BCUT2D eigenvalue weighted by Gasteiger charge is -2.04. The summed E-state index contributed by atoms with van der Waals surface area (Å²) in [6.45, 7) is 5.25. The number of ketones is 1. The van der Waals surface area contributed by atoms with Crippen LogP contribution in [0.3, 0.4) is 0 Å². The third kappa shape index (κ3) is 4.23. The van der Waals surface area contributed by atoms with Crippen molar-refractivity contribution in [3.8, 4) is 0 Å². The number of hydrogen-bond acceptors (Lipinski definition) is 2. The van der Waals surface area contributed by atoms with Crippen molar-refractivity contribution in [2.45, 2.75) is 32.1 Å². The number of rotatable bonds is 6. The van der Waals surface area contributed by atoms with E-state index in [-0.39, 0.29) is 0 Å². The van der Waals surface area contributed by atoms with E-state index in [2.05, 4.69) is 6.58 Å². The number of unbranched alkanes of at least 4 members (excludes halogenated alkanes) is 1. The van der Waals surface area contributed by atoms with E-state index in [1.807, 2.05) is 6.08 Å². The molecule has 0 saturated carbocycles. The molecule has 1 saturated heterocycles. The topological polar surface area (TPSA) is 26.3 Å². The highest BCUT2D eigenvalue weighted by Gasteiger charge is 2.18. The smallest absolute Gasteiger partial charge is 0.133 e. The molecule has 0 aliphatic carbocycles. The minimum atomic E-state index is 0.386. The van der Waals surface area contributed by atoms with Crippen LogP contribution in [-0.2, 0) is 9.53 Å². The van der Waals surface area contributed by atoms with Crippen molar-refractivity contribution < 1.29 is 9.53 Å². The third-order valence-corrected chi connectivity index (χ3v) is 2.40. The monoisotopic (exact) mass is 182 g/mol. The fraction of sp³-hybridized carbons (Fsp3) is 0.727. The molecule has 0 amide bonds. The molecular weight excluding hydrogens is 164 g/mol. The lowest BCUT2D eigenvalue weighted by molar-refractivity contribution is -0.120. The predicted octanol–water partition coefficient (Wildman–Crippen LogP) is 2.34. The van der Waals surface area contributed by atoms with Crippen molar-refractivity contribution in [1.29, 1.82) is 0 Å². The van der Waals surface area contributed by atoms with Crippen LogP contribution in [-0.4, -0.2) is 19.0 Å². The first-order valence-corrected chi connectivity index (χ1v) is 5.03. The van der Waals surface area contributed by atoms with Crippen LogP contribution >= 0.6 is 0 Å². The van der Waals surface area contributed by atoms with Crippen LogP contribution in [0.5, 0.6) is 0 Å². The molecule has 0 radical (unpaired) electrons. The number of carbonyl (C=O) groups is 1. The van der Waals surface area contributed by atoms with Gasteiger partial charge in [-0.15, -0.1) is 6.58 Å². The van der Waals surface area contributed by atoms with E-state index in [9.17, 15) is 4.79 Å². The minimum Gasteiger partial charge on any atom is -0.381 e. The van der Waals surface area contributed by atoms with Crippen molar-refractivity contribution in [2.75, 3.05) is 13.2 Å². The van der Waals surface area contributed by atoms with Crippen molar-refractivity contribution in [3.05, 3.63) is 12.7 Å². The van der Waals surface area contributed by atoms with Crippen LogP contribution in [0.1, 0.15) is 32.1 Å². The van der Waals surface area contributed by atoms with Crippen molar-refractivity contribution >= 4 is 5.78 Å². The van der Waals surface area contributed by atoms with Gasteiger partial charge in [0.25, 0.3) is 0 Å². The summed E-state index contributed by atoms with van der Waals surface area (Å²) in [4.78, 5) is 11.4. The molecule has 0 spiro atoms. The molecule has 0 N–H and O–H groups in total. The largest absolute Gasteiger partial charge is 0.381 e. The van der Waals surface area contributed by atoms with Gasteiger partial charge in [-0.05, 0) is 25.2 Å². The molecule has 1 rings (SSSR count). The highest BCUT2D eigenvalue weighted by Crippen LogP contribution is 2.17. The van der Waals surface area contributed by atoms with Crippen molar-refractivity contribution in [3.63, 3.8) is 0 Å². The Kier molecular flexibility index (Phi) is 4.76. The fourth-order valence-electron chi connectivity index (χ4n) is 1.61. The van der Waals surface area contributed by atoms with E-state index in [0.29, 0.717) is 18.1 Å². The van der Waals surface area contributed by atoms with Crippen LogP contribution in [0.15, 0.2) is 12.7 Å². The van der Waals surface area contributed by atoms with Crippen molar-refractivity contribution in [2.24, 2.45) is 5.92 Å². The quantitative estimate of drug-likeness (QED) is 0.465. The molecule has 1 aliphatic heterocycles. The molecule has 1 aliphatic rings. The number of Topliss-reactive ketones (excluding diaryl/α,β-unsaturated/α-hetero) is 1. The van der Waals surface area contributed by atoms with Crippen LogP contribution in [0.25, 0.3) is 0 Å². The van der Waals surface area contributed by atoms with Gasteiger partial charge in [-0.3, -0.25) is 4.79 Å². The van der Waals surface area contributed by atoms with E-state index < -0.39 is 0 Å². The molecule has 2 heteroatoms. The van der Waals surface area contributed by atoms with E-state index in [1.54, 1.807) is 0 Å². The Hall–Kier alpha value is -0.630. The molecule has 2 nitrogen and oxygen atoms in total. The van der Waals surface area contributed by atoms with Gasteiger partial charge >= 0.3 is 0 Å². The second kappa shape index (κ2) is 5.92. The predicted molar refractivity (Wildman–Crippen MR) is 52.6 cm³/mol. The van der Waals surface area contributed by atoms with Gasteiger partial charge in [0.15, 0.2) is 0 Å². The fourth-order valence-corrected chi connectivity index (χ4v) is 1.61. The molecule has 1 atom stereocenters. The zero-order valence-electron chi connectivity index (χ0n) is 8.13. The molecule has 1 unspecified atom stereocenters. The lowest BCUT2D eigenvalue weighted by Crippen LogP contribution is -2.07. The van der Waals surface area contributed by atoms with Gasteiger partial charge in [-0.2, -0.15) is 0 Å². The SMILES string of the molecule is C=CCCCC(=O)CC1CCOC1. The van der Waals surface area contributed by atoms with Gasteiger partial charge in [0, 0.05) is 26.1 Å². The summed E-state index contributed by atoms with van der Waals surface area (Å²) in [7, 11) is 0. The zero-order chi connectivity index (χ0) is 9.52. The normalized spacial score (nSPS) is 21.7. The first-order chi connectivity index (χ1) is 6.33. The number of hydrogen-bond donors (Lipinski definition) is 0. The van der Waals surface area contributed by atoms with Crippen LogP contribution < -0.4 is 0 Å². The Balaban J connectivity index is 2.05. The van der Waals surface area contributed by atoms with Gasteiger partial charge < -0.3 is 4.74 Å². The summed E-state index contributed by atoms with van der Waals surface area (Å²) in [5.41, 5.74) is 0. The molecule has 74 valence electrons. The lowest BCUT2D eigenvalue weighted by atomic mass is 9.99. The van der Waals surface area contributed by atoms with Gasteiger partial charge in [0.1, 0.15) is 5.78 Å². The number of carbonyl (C=O) groups excluding carboxylic acids is 1. The summed E-state index contributed by atoms with van der Waals surface area (Å²) in [5.74, 6) is 0.883. The molecule has 0 aromatic rings. The summed E-state index contributed by atoms with van der Waals surface area (Å²) in [6.07, 6.45) is 6.27. The first kappa shape index (κ1) is 10.5. The maximum atomic E-state index is 11.4. The highest BCUT2D eigenvalue weighted by atomic mass is 16.5. The number of ether oxygens (including phenoxy) is 1. The Morgan fingerprint density at radius 3 is 3.08 bits per heavy atom. The molecule has 13 heavy (non-hydrogen) atoms. The minimum absolute atomic E-state index is 0.386. The second-order valence-corrected chi connectivity index (χ2v) is 3.65. The van der Waals surface area contributed by atoms with Crippen LogP contribution in [0.4, 0.5) is 0 Å². The van der Waals surface area contributed by atoms with Gasteiger partial charge in [0.2, 0.25) is 0 Å². The maximum absolute atomic E-state index is 11.4. The molecule has 1 fully saturated rings. The molecule has 0 aromatic heterocycles. The first-order valence-electron chi connectivity index (χ1n) is 5.03.